The smallest absolute Gasteiger partial charge is 0.320 e. The molecule has 1 saturated carbocycles. The van der Waals surface area contributed by atoms with Crippen LogP contribution in [0.2, 0.25) is 0 Å². The fourth-order valence-corrected chi connectivity index (χ4v) is 3.18. The molecular weight excluding hydrogens is 258 g/mol. The first-order valence-corrected chi connectivity index (χ1v) is 7.54. The lowest BCUT2D eigenvalue weighted by Gasteiger charge is -2.31. The van der Waals surface area contributed by atoms with Crippen LogP contribution >= 0.6 is 0 Å². The minimum Gasteiger partial charge on any atom is -0.480 e. The molecule has 2 amide bonds. The highest BCUT2D eigenvalue weighted by atomic mass is 16.4. The Morgan fingerprint density at radius 1 is 1.10 bits per heavy atom. The summed E-state index contributed by atoms with van der Waals surface area (Å²) in [6, 6.07) is 0.495. The normalized spacial score (nSPS) is 21.8. The number of nitrogens with zero attached hydrogens (tertiary/aromatic N) is 3. The molecule has 0 spiro atoms. The van der Waals surface area contributed by atoms with E-state index in [1.54, 1.807) is 0 Å². The number of rotatable bonds is 3. The maximum atomic E-state index is 12.5. The van der Waals surface area contributed by atoms with Crippen molar-refractivity contribution in [3.63, 3.8) is 0 Å². The van der Waals surface area contributed by atoms with E-state index in [4.69, 9.17) is 5.11 Å². The van der Waals surface area contributed by atoms with Crippen LogP contribution in [0.5, 0.6) is 0 Å². The van der Waals surface area contributed by atoms with Gasteiger partial charge in [0, 0.05) is 39.3 Å². The van der Waals surface area contributed by atoms with Crippen LogP contribution in [0.15, 0.2) is 0 Å². The molecule has 1 aliphatic heterocycles. The Hall–Kier alpha value is -1.30. The predicted octanol–water partition coefficient (Wildman–Crippen LogP) is 1.07. The van der Waals surface area contributed by atoms with Gasteiger partial charge in [-0.25, -0.2) is 4.79 Å². The van der Waals surface area contributed by atoms with Crippen molar-refractivity contribution in [2.24, 2.45) is 0 Å². The van der Waals surface area contributed by atoms with Gasteiger partial charge in [-0.1, -0.05) is 12.8 Å². The van der Waals surface area contributed by atoms with Gasteiger partial charge >= 0.3 is 12.0 Å². The maximum Gasteiger partial charge on any atom is 0.320 e. The zero-order valence-corrected chi connectivity index (χ0v) is 12.3. The lowest BCUT2D eigenvalue weighted by atomic mass is 10.2. The molecular formula is C14H25N3O3. The Bertz CT molecular complexity index is 356. The largest absolute Gasteiger partial charge is 0.480 e. The van der Waals surface area contributed by atoms with Gasteiger partial charge in [0.05, 0.1) is 6.54 Å². The molecule has 0 aromatic rings. The highest BCUT2D eigenvalue weighted by Crippen LogP contribution is 2.23. The zero-order valence-electron chi connectivity index (χ0n) is 12.3. The molecule has 1 heterocycles. The van der Waals surface area contributed by atoms with Crippen LogP contribution in [-0.2, 0) is 4.79 Å². The second-order valence-electron chi connectivity index (χ2n) is 5.84. The van der Waals surface area contributed by atoms with E-state index >= 15 is 0 Å². The number of hydrogen-bond donors (Lipinski definition) is 1. The van der Waals surface area contributed by atoms with E-state index in [1.165, 1.54) is 12.8 Å². The molecule has 20 heavy (non-hydrogen) atoms. The number of carboxylic acid groups (broad SMARTS) is 1. The van der Waals surface area contributed by atoms with Crippen molar-refractivity contribution < 1.29 is 14.7 Å². The average molecular weight is 283 g/mol. The summed E-state index contributed by atoms with van der Waals surface area (Å²) in [6.45, 7) is 2.83. The second kappa shape index (κ2) is 6.92. The molecule has 1 N–H and O–H groups in total. The van der Waals surface area contributed by atoms with Gasteiger partial charge in [0.25, 0.3) is 0 Å². The van der Waals surface area contributed by atoms with Gasteiger partial charge in [-0.2, -0.15) is 0 Å². The molecule has 0 bridgehead atoms. The van der Waals surface area contributed by atoms with E-state index in [1.807, 2.05) is 21.7 Å². The van der Waals surface area contributed by atoms with Gasteiger partial charge < -0.3 is 14.9 Å². The van der Waals surface area contributed by atoms with Crippen LogP contribution in [0.1, 0.15) is 32.1 Å². The summed E-state index contributed by atoms with van der Waals surface area (Å²) in [5, 5.41) is 8.83. The van der Waals surface area contributed by atoms with Gasteiger partial charge in [0.2, 0.25) is 0 Å². The van der Waals surface area contributed by atoms with Crippen LogP contribution < -0.4 is 0 Å². The van der Waals surface area contributed by atoms with Crippen molar-refractivity contribution in [1.82, 2.24) is 14.7 Å². The summed E-state index contributed by atoms with van der Waals surface area (Å²) in [5.74, 6) is -0.798. The van der Waals surface area contributed by atoms with Crippen molar-refractivity contribution in [3.8, 4) is 0 Å². The Kier molecular flexibility index (Phi) is 5.23. The number of amides is 2. The van der Waals surface area contributed by atoms with Gasteiger partial charge in [-0.3, -0.25) is 9.69 Å². The number of hydrogen-bond acceptors (Lipinski definition) is 3. The maximum absolute atomic E-state index is 12.5. The molecule has 6 heteroatoms. The first-order chi connectivity index (χ1) is 9.58. The zero-order chi connectivity index (χ0) is 14.5. The molecule has 0 unspecified atom stereocenters. The number of aliphatic carboxylic acids is 1. The fraction of sp³-hybridized carbons (Fsp3) is 0.857. The Morgan fingerprint density at radius 3 is 2.45 bits per heavy atom. The summed E-state index contributed by atoms with van der Waals surface area (Å²) in [4.78, 5) is 28.9. The van der Waals surface area contributed by atoms with Crippen molar-refractivity contribution in [3.05, 3.63) is 0 Å². The number of urea groups is 1. The standard InChI is InChI=1S/C14H25N3O3/c1-15(12-5-2-3-6-12)14(20)17-8-4-7-16(9-10-17)11-13(18)19/h12H,2-11H2,1H3,(H,18,19). The monoisotopic (exact) mass is 283 g/mol. The second-order valence-corrected chi connectivity index (χ2v) is 5.84. The minimum atomic E-state index is -0.798. The molecule has 2 aliphatic rings. The summed E-state index contributed by atoms with van der Waals surface area (Å²) < 4.78 is 0. The number of carbonyl (C=O) groups excluding carboxylic acids is 1. The van der Waals surface area contributed by atoms with E-state index in [9.17, 15) is 9.59 Å². The van der Waals surface area contributed by atoms with Gasteiger partial charge in [0.15, 0.2) is 0 Å². The summed E-state index contributed by atoms with van der Waals surface area (Å²) in [5.41, 5.74) is 0. The highest BCUT2D eigenvalue weighted by Gasteiger charge is 2.28. The number of carbonyl (C=O) groups is 2. The Balaban J connectivity index is 1.85. The molecule has 1 aliphatic carbocycles. The van der Waals surface area contributed by atoms with Gasteiger partial charge in [-0.05, 0) is 19.3 Å². The van der Waals surface area contributed by atoms with Crippen LogP contribution in [0.3, 0.4) is 0 Å². The van der Waals surface area contributed by atoms with Gasteiger partial charge in [0.1, 0.15) is 0 Å². The van der Waals surface area contributed by atoms with E-state index in [0.29, 0.717) is 19.1 Å². The van der Waals surface area contributed by atoms with Crippen LogP contribution in [0.25, 0.3) is 0 Å². The van der Waals surface area contributed by atoms with E-state index < -0.39 is 5.97 Å². The molecule has 114 valence electrons. The SMILES string of the molecule is CN(C(=O)N1CCCN(CC(=O)O)CC1)C1CCCC1. The molecule has 6 nitrogen and oxygen atoms in total. The third-order valence-corrected chi connectivity index (χ3v) is 4.39. The van der Waals surface area contributed by atoms with E-state index in [0.717, 1.165) is 32.4 Å². The summed E-state index contributed by atoms with van der Waals surface area (Å²) in [6.07, 6.45) is 5.50. The predicted molar refractivity (Wildman–Crippen MR) is 75.7 cm³/mol. The Labute approximate surface area is 120 Å². The number of carboxylic acids is 1. The van der Waals surface area contributed by atoms with Crippen LogP contribution in [-0.4, -0.2) is 77.6 Å². The molecule has 0 atom stereocenters. The highest BCUT2D eigenvalue weighted by molar-refractivity contribution is 5.74. The quantitative estimate of drug-likeness (QED) is 0.841. The van der Waals surface area contributed by atoms with Crippen molar-refractivity contribution in [2.75, 3.05) is 39.8 Å². The first kappa shape index (κ1) is 15.1. The van der Waals surface area contributed by atoms with Crippen molar-refractivity contribution in [2.45, 2.75) is 38.1 Å². The Morgan fingerprint density at radius 2 is 1.80 bits per heavy atom. The molecule has 1 saturated heterocycles. The average Bonchev–Trinajstić information content (AvgIpc) is 2.85. The lowest BCUT2D eigenvalue weighted by molar-refractivity contribution is -0.138. The first-order valence-electron chi connectivity index (χ1n) is 7.54. The minimum absolute atomic E-state index is 0.0699. The van der Waals surface area contributed by atoms with E-state index in [2.05, 4.69) is 0 Å². The lowest BCUT2D eigenvalue weighted by Crippen LogP contribution is -2.46. The topological polar surface area (TPSA) is 64.1 Å². The summed E-state index contributed by atoms with van der Waals surface area (Å²) in [7, 11) is 1.90. The third-order valence-electron chi connectivity index (χ3n) is 4.39. The molecule has 0 radical (unpaired) electrons. The van der Waals surface area contributed by atoms with Crippen molar-refractivity contribution in [1.29, 1.82) is 0 Å². The molecule has 0 aromatic carbocycles. The molecule has 2 fully saturated rings. The fourth-order valence-electron chi connectivity index (χ4n) is 3.18. The third kappa shape index (κ3) is 3.85. The molecule has 2 rings (SSSR count). The van der Waals surface area contributed by atoms with Crippen molar-refractivity contribution >= 4 is 12.0 Å². The molecule has 0 aromatic heterocycles. The summed E-state index contributed by atoms with van der Waals surface area (Å²) >= 11 is 0. The van der Waals surface area contributed by atoms with Crippen LogP contribution in [0, 0.1) is 0 Å². The van der Waals surface area contributed by atoms with Gasteiger partial charge in [-0.15, -0.1) is 0 Å². The van der Waals surface area contributed by atoms with E-state index in [-0.39, 0.29) is 12.6 Å². The van der Waals surface area contributed by atoms with Crippen LogP contribution in [0.4, 0.5) is 4.79 Å².